The molecule has 3 N–H and O–H groups in total. The molecule has 0 aliphatic carbocycles. The molecule has 1 saturated heterocycles. The highest BCUT2D eigenvalue weighted by Gasteiger charge is 2.36. The summed E-state index contributed by atoms with van der Waals surface area (Å²) in [5, 5.41) is 2.76. The number of carbonyl (C=O) groups is 2. The van der Waals surface area contributed by atoms with E-state index in [4.69, 9.17) is 5.73 Å². The molecule has 1 aliphatic rings. The second-order valence-electron chi connectivity index (χ2n) is 8.46. The summed E-state index contributed by atoms with van der Waals surface area (Å²) in [4.78, 5) is 36.8. The molecule has 0 aromatic carbocycles. The first-order chi connectivity index (χ1) is 17.1. The fourth-order valence-corrected chi connectivity index (χ4v) is 3.27. The van der Waals surface area contributed by atoms with Crippen molar-refractivity contribution in [2.45, 2.75) is 31.6 Å². The zero-order chi connectivity index (χ0) is 27.1. The number of unbranched alkanes of at least 4 members (excludes halogenated alkanes) is 1. The molecule has 1 aromatic heterocycles. The molecule has 1 fully saturated rings. The lowest BCUT2D eigenvalue weighted by Gasteiger charge is -2.33. The number of aromatic nitrogens is 2. The number of nitrogen functional groups attached to an aromatic ring is 1. The number of alkyl halides is 2. The number of piperidine rings is 1. The van der Waals surface area contributed by atoms with E-state index in [2.05, 4.69) is 40.3 Å². The van der Waals surface area contributed by atoms with Crippen molar-refractivity contribution in [2.75, 3.05) is 64.5 Å². The normalized spacial score (nSPS) is 14.4. The Labute approximate surface area is 213 Å². The Morgan fingerprint density at radius 3 is 2.75 bits per heavy atom. The van der Waals surface area contributed by atoms with Crippen LogP contribution in [0.15, 0.2) is 31.5 Å². The van der Waals surface area contributed by atoms with E-state index in [1.165, 1.54) is 22.1 Å². The Balaban J connectivity index is 0.00000421. The summed E-state index contributed by atoms with van der Waals surface area (Å²) in [6.45, 7) is 7.03. The molecule has 1 aliphatic heterocycles. The highest BCUT2D eigenvalue weighted by molar-refractivity contribution is 5.91. The molecular formula is C25H39F2N7O2. The predicted molar refractivity (Wildman–Crippen MR) is 141 cm³/mol. The van der Waals surface area contributed by atoms with Crippen LogP contribution in [0.3, 0.4) is 0 Å². The van der Waals surface area contributed by atoms with Crippen molar-refractivity contribution in [3.63, 3.8) is 0 Å². The Kier molecular flexibility index (Phi) is 13.1. The largest absolute Gasteiger partial charge is 0.368 e. The molecule has 9 nitrogen and oxygen atoms in total. The predicted octanol–water partition coefficient (Wildman–Crippen LogP) is 2.17. The molecule has 11 heteroatoms. The number of nitrogens with one attached hydrogen (secondary N) is 1. The minimum absolute atomic E-state index is 0. The maximum atomic E-state index is 13.8. The molecule has 36 heavy (non-hydrogen) atoms. The quantitative estimate of drug-likeness (QED) is 0.228. The minimum atomic E-state index is -2.78. The van der Waals surface area contributed by atoms with Gasteiger partial charge in [0.2, 0.25) is 17.8 Å². The van der Waals surface area contributed by atoms with Gasteiger partial charge in [-0.1, -0.05) is 17.9 Å². The zero-order valence-electron chi connectivity index (χ0n) is 21.4. The summed E-state index contributed by atoms with van der Waals surface area (Å²) in [5.74, 6) is 2.96. The SMILES string of the molecule is C=C.CN(C)C/C=C/C(=O)N(C)CC(=O)NCCCC#Cc1cnc(N)nc1N1CCCC(F)(F)C1.[HH]. The highest BCUT2D eigenvalue weighted by Crippen LogP contribution is 2.30. The number of anilines is 2. The monoisotopic (exact) mass is 507 g/mol. The Bertz CT molecular complexity index is 964. The number of hydrogen-bond acceptors (Lipinski definition) is 7. The van der Waals surface area contributed by atoms with Gasteiger partial charge in [-0.25, -0.2) is 13.8 Å². The number of carbonyl (C=O) groups excluding carboxylic acids is 2. The molecule has 2 heterocycles. The molecule has 1 aromatic rings. The van der Waals surface area contributed by atoms with E-state index in [9.17, 15) is 18.4 Å². The topological polar surface area (TPSA) is 108 Å². The lowest BCUT2D eigenvalue weighted by molar-refractivity contribution is -0.131. The van der Waals surface area contributed by atoms with Crippen LogP contribution in [-0.4, -0.2) is 91.4 Å². The van der Waals surface area contributed by atoms with Crippen LogP contribution in [0.4, 0.5) is 20.5 Å². The number of nitrogens with zero attached hydrogens (tertiary/aromatic N) is 5. The zero-order valence-corrected chi connectivity index (χ0v) is 21.4. The number of likely N-dealkylation sites (N-methyl/N-ethyl adjacent to an activating group) is 2. The van der Waals surface area contributed by atoms with Gasteiger partial charge in [-0.15, -0.1) is 13.2 Å². The van der Waals surface area contributed by atoms with E-state index in [0.29, 0.717) is 50.3 Å². The van der Waals surface area contributed by atoms with Gasteiger partial charge in [0.15, 0.2) is 0 Å². The summed E-state index contributed by atoms with van der Waals surface area (Å²) < 4.78 is 27.6. The number of amides is 2. The first-order valence-corrected chi connectivity index (χ1v) is 11.6. The smallest absolute Gasteiger partial charge is 0.265 e. The maximum Gasteiger partial charge on any atom is 0.265 e. The maximum absolute atomic E-state index is 13.8. The van der Waals surface area contributed by atoms with Crippen molar-refractivity contribution >= 4 is 23.6 Å². The van der Waals surface area contributed by atoms with Gasteiger partial charge < -0.3 is 25.8 Å². The first kappa shape index (κ1) is 30.5. The summed E-state index contributed by atoms with van der Waals surface area (Å²) in [6, 6.07) is 0. The summed E-state index contributed by atoms with van der Waals surface area (Å²) in [6.07, 6.45) is 5.91. The van der Waals surface area contributed by atoms with Crippen molar-refractivity contribution in [1.82, 2.24) is 25.1 Å². The van der Waals surface area contributed by atoms with Crippen LogP contribution in [0.2, 0.25) is 0 Å². The van der Waals surface area contributed by atoms with Crippen LogP contribution in [0, 0.1) is 11.8 Å². The second-order valence-corrected chi connectivity index (χ2v) is 8.46. The lowest BCUT2D eigenvalue weighted by atomic mass is 10.1. The Hall–Kier alpha value is -3.52. The molecule has 0 bridgehead atoms. The second kappa shape index (κ2) is 15.5. The van der Waals surface area contributed by atoms with Crippen molar-refractivity contribution in [1.29, 1.82) is 0 Å². The fourth-order valence-electron chi connectivity index (χ4n) is 3.27. The van der Waals surface area contributed by atoms with E-state index >= 15 is 0 Å². The minimum Gasteiger partial charge on any atom is -0.368 e. The van der Waals surface area contributed by atoms with Crippen molar-refractivity contribution in [3.8, 4) is 11.8 Å². The van der Waals surface area contributed by atoms with E-state index in [1.807, 2.05) is 19.0 Å². The molecule has 0 unspecified atom stereocenters. The van der Waals surface area contributed by atoms with Crippen molar-refractivity contribution in [3.05, 3.63) is 37.1 Å². The molecule has 0 atom stereocenters. The summed E-state index contributed by atoms with van der Waals surface area (Å²) in [5.41, 5.74) is 6.10. The van der Waals surface area contributed by atoms with Gasteiger partial charge in [0.1, 0.15) is 5.82 Å². The molecule has 200 valence electrons. The van der Waals surface area contributed by atoms with Crippen LogP contribution in [0.5, 0.6) is 0 Å². The molecule has 0 radical (unpaired) electrons. The average Bonchev–Trinajstić information content (AvgIpc) is 2.82. The molecule has 0 spiro atoms. The van der Waals surface area contributed by atoms with Crippen LogP contribution in [0.25, 0.3) is 0 Å². The van der Waals surface area contributed by atoms with E-state index in [1.54, 1.807) is 13.1 Å². The third kappa shape index (κ3) is 11.3. The van der Waals surface area contributed by atoms with Gasteiger partial charge in [-0.3, -0.25) is 9.59 Å². The van der Waals surface area contributed by atoms with E-state index < -0.39 is 12.5 Å². The Morgan fingerprint density at radius 2 is 2.08 bits per heavy atom. The molecule has 2 amide bonds. The number of halogens is 2. The first-order valence-electron chi connectivity index (χ1n) is 11.6. The van der Waals surface area contributed by atoms with E-state index in [0.717, 1.165) is 0 Å². The number of hydrogen-bond donors (Lipinski definition) is 2. The van der Waals surface area contributed by atoms with E-state index in [-0.39, 0.29) is 32.2 Å². The Morgan fingerprint density at radius 1 is 1.36 bits per heavy atom. The summed E-state index contributed by atoms with van der Waals surface area (Å²) >= 11 is 0. The average molecular weight is 508 g/mol. The van der Waals surface area contributed by atoms with Gasteiger partial charge >= 0.3 is 0 Å². The van der Waals surface area contributed by atoms with Crippen LogP contribution in [-0.2, 0) is 9.59 Å². The lowest BCUT2D eigenvalue weighted by Crippen LogP contribution is -2.43. The van der Waals surface area contributed by atoms with Gasteiger partial charge in [-0.05, 0) is 26.9 Å². The molecular weight excluding hydrogens is 468 g/mol. The van der Waals surface area contributed by atoms with Gasteiger partial charge in [0, 0.05) is 47.0 Å². The van der Waals surface area contributed by atoms with Crippen LogP contribution < -0.4 is 16.0 Å². The van der Waals surface area contributed by atoms with Gasteiger partial charge in [-0.2, -0.15) is 4.98 Å². The number of rotatable bonds is 9. The summed E-state index contributed by atoms with van der Waals surface area (Å²) in [7, 11) is 5.36. The van der Waals surface area contributed by atoms with Crippen LogP contribution >= 0.6 is 0 Å². The van der Waals surface area contributed by atoms with Crippen molar-refractivity contribution < 1.29 is 19.8 Å². The third-order valence-electron chi connectivity index (χ3n) is 4.99. The number of nitrogens with two attached hydrogens (primary N) is 1. The van der Waals surface area contributed by atoms with Gasteiger partial charge in [0.05, 0.1) is 24.8 Å². The van der Waals surface area contributed by atoms with Crippen LogP contribution in [0.1, 0.15) is 32.7 Å². The van der Waals surface area contributed by atoms with Crippen molar-refractivity contribution in [2.24, 2.45) is 0 Å². The van der Waals surface area contributed by atoms with Gasteiger partial charge in [0.25, 0.3) is 5.92 Å². The molecule has 2 rings (SSSR count). The third-order valence-corrected chi connectivity index (χ3v) is 4.99. The highest BCUT2D eigenvalue weighted by atomic mass is 19.3. The standard InChI is InChI=1S/C23H33F2N7O2.C2H4.H2/c1-30(2)13-7-10-20(34)31(3)16-19(33)27-12-6-4-5-9-18-15-28-22(26)29-21(18)32-14-8-11-23(24,25)17-32;1-2;/h7,10,15H,4,6,8,11-14,16-17H2,1-3H3,(H,27,33)(H2,26,28,29);1-2H2;1H/b10-7+;;. The molecule has 0 saturated carbocycles. The fraction of sp³-hybridized carbons (Fsp3) is 0.520.